The highest BCUT2D eigenvalue weighted by atomic mass is 16.6. The minimum Gasteiger partial charge on any atom is -0.462 e. The zero-order chi connectivity index (χ0) is 52.9. The summed E-state index contributed by atoms with van der Waals surface area (Å²) in [6.07, 6.45) is 79.2. The van der Waals surface area contributed by atoms with Crippen LogP contribution in [0.3, 0.4) is 0 Å². The smallest absolute Gasteiger partial charge is 0.306 e. The second-order valence-corrected chi connectivity index (χ2v) is 21.0. The highest BCUT2D eigenvalue weighted by Gasteiger charge is 2.19. The zero-order valence-corrected chi connectivity index (χ0v) is 48.4. The van der Waals surface area contributed by atoms with E-state index in [1.165, 1.54) is 193 Å². The van der Waals surface area contributed by atoms with Crippen molar-refractivity contribution in [1.82, 2.24) is 0 Å². The molecule has 1 atom stereocenters. The maximum atomic E-state index is 12.9. The van der Waals surface area contributed by atoms with E-state index < -0.39 is 6.10 Å². The van der Waals surface area contributed by atoms with E-state index in [1.54, 1.807) is 0 Å². The number of unbranched alkanes of at least 4 members (excludes halogenated alkanes) is 34. The SMILES string of the molecule is CC/C=C\C/C=C\C/C=C\C/C=C\C/C=C\C/C=C\CCC(=O)OC[C@H](COC(=O)CCCCCCCCCCCCCCCCCCCCC)OC(=O)CCCCCCCCCCCCCCCCCCC. The van der Waals surface area contributed by atoms with Crippen molar-refractivity contribution >= 4 is 17.9 Å². The van der Waals surface area contributed by atoms with Gasteiger partial charge in [0, 0.05) is 19.3 Å². The van der Waals surface area contributed by atoms with Gasteiger partial charge in [0.1, 0.15) is 13.2 Å². The van der Waals surface area contributed by atoms with Crippen LogP contribution >= 0.6 is 0 Å². The second-order valence-electron chi connectivity index (χ2n) is 21.0. The van der Waals surface area contributed by atoms with Crippen LogP contribution in [0.25, 0.3) is 0 Å². The van der Waals surface area contributed by atoms with Crippen molar-refractivity contribution in [2.24, 2.45) is 0 Å². The van der Waals surface area contributed by atoms with Crippen LogP contribution in [-0.2, 0) is 28.6 Å². The predicted molar refractivity (Wildman–Crippen MR) is 316 cm³/mol. The number of carbonyl (C=O) groups is 3. The number of ether oxygens (including phenoxy) is 3. The number of rotatable bonds is 57. The molecule has 0 saturated carbocycles. The molecule has 0 bridgehead atoms. The van der Waals surface area contributed by atoms with Crippen LogP contribution in [0.5, 0.6) is 0 Å². The van der Waals surface area contributed by atoms with Crippen LogP contribution in [0.15, 0.2) is 72.9 Å². The van der Waals surface area contributed by atoms with Crippen molar-refractivity contribution in [3.8, 4) is 0 Å². The van der Waals surface area contributed by atoms with E-state index in [4.69, 9.17) is 14.2 Å². The van der Waals surface area contributed by atoms with E-state index in [0.717, 1.165) is 77.0 Å². The van der Waals surface area contributed by atoms with Gasteiger partial charge in [-0.05, 0) is 57.8 Å². The lowest BCUT2D eigenvalue weighted by atomic mass is 10.0. The molecule has 0 fully saturated rings. The Balaban J connectivity index is 4.44. The van der Waals surface area contributed by atoms with Gasteiger partial charge in [0.25, 0.3) is 0 Å². The fourth-order valence-corrected chi connectivity index (χ4v) is 9.06. The molecule has 6 heteroatoms. The number of esters is 3. The molecule has 0 aromatic heterocycles. The highest BCUT2D eigenvalue weighted by molar-refractivity contribution is 5.71. The maximum absolute atomic E-state index is 12.9. The molecule has 0 unspecified atom stereocenters. The van der Waals surface area contributed by atoms with Gasteiger partial charge in [0.15, 0.2) is 6.10 Å². The van der Waals surface area contributed by atoms with Crippen molar-refractivity contribution in [3.63, 3.8) is 0 Å². The van der Waals surface area contributed by atoms with Crippen molar-refractivity contribution in [2.75, 3.05) is 13.2 Å². The van der Waals surface area contributed by atoms with Crippen LogP contribution in [0.2, 0.25) is 0 Å². The van der Waals surface area contributed by atoms with Crippen LogP contribution in [0.4, 0.5) is 0 Å². The Morgan fingerprint density at radius 1 is 0.288 bits per heavy atom. The molecule has 0 radical (unpaired) electrons. The number of hydrogen-bond acceptors (Lipinski definition) is 6. The van der Waals surface area contributed by atoms with Crippen LogP contribution in [-0.4, -0.2) is 37.2 Å². The summed E-state index contributed by atoms with van der Waals surface area (Å²) in [6, 6.07) is 0. The Morgan fingerprint density at radius 3 is 0.836 bits per heavy atom. The Hall–Kier alpha value is -3.15. The summed E-state index contributed by atoms with van der Waals surface area (Å²) < 4.78 is 16.9. The third kappa shape index (κ3) is 59.6. The number of carbonyl (C=O) groups excluding carboxylic acids is 3. The molecular formula is C67H118O6. The van der Waals surface area contributed by atoms with Crippen LogP contribution < -0.4 is 0 Å². The first-order valence-electron chi connectivity index (χ1n) is 31.4. The van der Waals surface area contributed by atoms with E-state index in [9.17, 15) is 14.4 Å². The largest absolute Gasteiger partial charge is 0.462 e. The third-order valence-corrected chi connectivity index (χ3v) is 13.7. The summed E-state index contributed by atoms with van der Waals surface area (Å²) in [7, 11) is 0. The second kappa shape index (κ2) is 61.4. The molecule has 0 aliphatic carbocycles. The van der Waals surface area contributed by atoms with Gasteiger partial charge in [0.2, 0.25) is 0 Å². The number of hydrogen-bond donors (Lipinski definition) is 0. The van der Waals surface area contributed by atoms with Crippen LogP contribution in [0, 0.1) is 0 Å². The normalized spacial score (nSPS) is 12.5. The molecule has 0 spiro atoms. The third-order valence-electron chi connectivity index (χ3n) is 13.7. The van der Waals surface area contributed by atoms with Crippen molar-refractivity contribution in [2.45, 2.75) is 322 Å². The lowest BCUT2D eigenvalue weighted by molar-refractivity contribution is -0.166. The molecular weight excluding hydrogens is 901 g/mol. The van der Waals surface area contributed by atoms with Crippen LogP contribution in [0.1, 0.15) is 316 Å². The lowest BCUT2D eigenvalue weighted by Crippen LogP contribution is -2.30. The molecule has 0 aliphatic rings. The minimum absolute atomic E-state index is 0.0941. The Morgan fingerprint density at radius 2 is 0.534 bits per heavy atom. The lowest BCUT2D eigenvalue weighted by Gasteiger charge is -2.18. The fourth-order valence-electron chi connectivity index (χ4n) is 9.06. The van der Waals surface area contributed by atoms with E-state index >= 15 is 0 Å². The molecule has 0 N–H and O–H groups in total. The zero-order valence-electron chi connectivity index (χ0n) is 48.4. The minimum atomic E-state index is -0.804. The maximum Gasteiger partial charge on any atom is 0.306 e. The van der Waals surface area contributed by atoms with E-state index in [2.05, 4.69) is 87.6 Å². The molecule has 0 aromatic rings. The van der Waals surface area contributed by atoms with Gasteiger partial charge in [-0.2, -0.15) is 0 Å². The first-order valence-corrected chi connectivity index (χ1v) is 31.4. The van der Waals surface area contributed by atoms with Gasteiger partial charge in [-0.1, -0.05) is 312 Å². The van der Waals surface area contributed by atoms with Gasteiger partial charge < -0.3 is 14.2 Å². The van der Waals surface area contributed by atoms with Gasteiger partial charge in [-0.15, -0.1) is 0 Å². The summed E-state index contributed by atoms with van der Waals surface area (Å²) in [4.78, 5) is 38.3. The Bertz CT molecular complexity index is 1360. The summed E-state index contributed by atoms with van der Waals surface area (Å²) >= 11 is 0. The average Bonchev–Trinajstić information content (AvgIpc) is 3.39. The topological polar surface area (TPSA) is 78.9 Å². The average molecular weight is 1020 g/mol. The van der Waals surface area contributed by atoms with Gasteiger partial charge >= 0.3 is 17.9 Å². The van der Waals surface area contributed by atoms with Crippen molar-refractivity contribution < 1.29 is 28.6 Å². The molecule has 0 aromatic carbocycles. The molecule has 0 heterocycles. The monoisotopic (exact) mass is 1020 g/mol. The molecule has 0 amide bonds. The standard InChI is InChI=1S/C67H118O6/c1-4-7-10-13-16-19-22-25-28-31-33-36-38-41-44-47-50-53-56-59-65(68)71-62-64(73-67(70)61-58-55-52-49-46-43-40-35-30-27-24-21-18-15-12-9-6-3)63-72-66(69)60-57-54-51-48-45-42-39-37-34-32-29-26-23-20-17-14-11-8-5-2/h7,10,16,19,25,28,33,36,41,44,50,53,64H,4-6,8-9,11-15,17-18,20-24,26-27,29-32,34-35,37-40,42-43,45-49,51-52,54-63H2,1-3H3/b10-7-,19-16-,28-25-,36-33-,44-41-,53-50-/t64-/m1/s1. The van der Waals surface area contributed by atoms with E-state index in [1.807, 2.05) is 6.08 Å². The summed E-state index contributed by atoms with van der Waals surface area (Å²) in [5, 5.41) is 0. The Labute approximate surface area is 453 Å². The van der Waals surface area contributed by atoms with E-state index in [-0.39, 0.29) is 37.5 Å². The van der Waals surface area contributed by atoms with E-state index in [0.29, 0.717) is 19.3 Å². The quantitative estimate of drug-likeness (QED) is 0.0261. The predicted octanol–water partition coefficient (Wildman–Crippen LogP) is 21.3. The van der Waals surface area contributed by atoms with Crippen molar-refractivity contribution in [1.29, 1.82) is 0 Å². The Kier molecular flexibility index (Phi) is 58.7. The summed E-state index contributed by atoms with van der Waals surface area (Å²) in [6.45, 7) is 6.51. The molecule has 6 nitrogen and oxygen atoms in total. The molecule has 0 rings (SSSR count). The number of allylic oxidation sites excluding steroid dienone is 12. The molecule has 73 heavy (non-hydrogen) atoms. The van der Waals surface area contributed by atoms with Crippen molar-refractivity contribution in [3.05, 3.63) is 72.9 Å². The molecule has 422 valence electrons. The first-order chi connectivity index (χ1) is 36.0. The molecule has 0 aliphatic heterocycles. The van der Waals surface area contributed by atoms with Gasteiger partial charge in [-0.25, -0.2) is 0 Å². The van der Waals surface area contributed by atoms with Gasteiger partial charge in [0.05, 0.1) is 0 Å². The first kappa shape index (κ1) is 69.8. The molecule has 0 saturated heterocycles. The van der Waals surface area contributed by atoms with Gasteiger partial charge in [-0.3, -0.25) is 14.4 Å². The highest BCUT2D eigenvalue weighted by Crippen LogP contribution is 2.17. The fraction of sp³-hybridized carbons (Fsp3) is 0.776. The summed E-state index contributed by atoms with van der Waals surface area (Å²) in [5.41, 5.74) is 0. The summed E-state index contributed by atoms with van der Waals surface area (Å²) in [5.74, 6) is -0.964.